The molecule has 0 saturated carbocycles. The predicted octanol–water partition coefficient (Wildman–Crippen LogP) is 9.61. The number of imidazole rings is 2. The van der Waals surface area contributed by atoms with Gasteiger partial charge in [0.05, 0.1) is 27.5 Å². The average Bonchev–Trinajstić information content (AvgIpc) is 3.76. The summed E-state index contributed by atoms with van der Waals surface area (Å²) >= 11 is 0. The zero-order chi connectivity index (χ0) is 34.5. The molecular formula is C40H29N5OPt. The molecule has 9 aromatic rings. The molecule has 4 heterocycles. The maximum Gasteiger partial charge on any atom is 2.00 e. The second kappa shape index (κ2) is 11.0. The first-order chi connectivity index (χ1) is 24.1. The third-order valence-electron chi connectivity index (χ3n) is 8.44. The molecule has 0 bridgehead atoms. The molecular weight excluding hydrogens is 762 g/mol. The van der Waals surface area contributed by atoms with Gasteiger partial charge in [0.15, 0.2) is 0 Å². The molecule has 4 aromatic heterocycles. The molecule has 230 valence electrons. The van der Waals surface area contributed by atoms with Crippen molar-refractivity contribution in [3.05, 3.63) is 139 Å². The average molecular weight is 795 g/mol. The molecule has 0 N–H and O–H groups in total. The van der Waals surface area contributed by atoms with Crippen LogP contribution in [0.2, 0.25) is 0 Å². The molecule has 47 heavy (non-hydrogen) atoms. The van der Waals surface area contributed by atoms with Crippen LogP contribution in [0.25, 0.3) is 61.2 Å². The maximum atomic E-state index is 8.90. The van der Waals surface area contributed by atoms with Gasteiger partial charge < -0.3 is 13.9 Å². The molecule has 0 fully saturated rings. The van der Waals surface area contributed by atoms with Gasteiger partial charge in [-0.2, -0.15) is 12.1 Å². The Morgan fingerprint density at radius 2 is 1.49 bits per heavy atom. The van der Waals surface area contributed by atoms with E-state index in [2.05, 4.69) is 65.1 Å². The van der Waals surface area contributed by atoms with Gasteiger partial charge in [-0.1, -0.05) is 74.4 Å². The zero-order valence-corrected chi connectivity index (χ0v) is 28.0. The van der Waals surface area contributed by atoms with Crippen molar-refractivity contribution in [2.75, 3.05) is 0 Å². The third kappa shape index (κ3) is 4.66. The van der Waals surface area contributed by atoms with E-state index < -0.39 is 0 Å². The van der Waals surface area contributed by atoms with Crippen LogP contribution in [-0.4, -0.2) is 23.5 Å². The summed E-state index contributed by atoms with van der Waals surface area (Å²) in [6, 6.07) is 35.4. The van der Waals surface area contributed by atoms with Crippen LogP contribution in [0.4, 0.5) is 0 Å². The van der Waals surface area contributed by atoms with Crippen molar-refractivity contribution in [3.8, 4) is 23.0 Å². The van der Waals surface area contributed by atoms with Crippen molar-refractivity contribution in [1.82, 2.24) is 23.5 Å². The monoisotopic (exact) mass is 794 g/mol. The fourth-order valence-corrected chi connectivity index (χ4v) is 6.25. The Kier molecular flexibility index (Phi) is 5.82. The number of nitrogens with zero attached hydrogens (tertiary/aromatic N) is 5. The van der Waals surface area contributed by atoms with Gasteiger partial charge in [0.2, 0.25) is 5.78 Å². The number of hydrogen-bond acceptors (Lipinski definition) is 3. The number of rotatable bonds is 4. The quantitative estimate of drug-likeness (QED) is 0.167. The van der Waals surface area contributed by atoms with Crippen LogP contribution in [-0.2, 0) is 26.5 Å². The van der Waals surface area contributed by atoms with Crippen LogP contribution in [0, 0.1) is 12.1 Å². The van der Waals surface area contributed by atoms with E-state index in [4.69, 9.17) is 15.2 Å². The summed E-state index contributed by atoms with van der Waals surface area (Å²) in [6.07, 6.45) is 1.73. The van der Waals surface area contributed by atoms with E-state index in [9.17, 15) is 0 Å². The molecule has 0 aliphatic rings. The Morgan fingerprint density at radius 3 is 2.34 bits per heavy atom. The van der Waals surface area contributed by atoms with E-state index in [0.717, 1.165) is 39.1 Å². The van der Waals surface area contributed by atoms with E-state index >= 15 is 0 Å². The number of fused-ring (bicyclic) bond motifs is 8. The molecule has 0 aliphatic heterocycles. The van der Waals surface area contributed by atoms with Crippen LogP contribution in [0.3, 0.4) is 0 Å². The molecule has 6 nitrogen and oxygen atoms in total. The minimum atomic E-state index is -0.307. The van der Waals surface area contributed by atoms with E-state index in [1.54, 1.807) is 16.8 Å². The first-order valence-electron chi connectivity index (χ1n) is 17.1. The van der Waals surface area contributed by atoms with Crippen molar-refractivity contribution in [1.29, 1.82) is 0 Å². The number of para-hydroxylation sites is 5. The summed E-state index contributed by atoms with van der Waals surface area (Å²) in [5, 5.41) is 1.02. The van der Waals surface area contributed by atoms with Crippen molar-refractivity contribution >= 4 is 49.7 Å². The summed E-state index contributed by atoms with van der Waals surface area (Å²) in [5.74, 6) is 2.15. The second-order valence-corrected chi connectivity index (χ2v) is 12.4. The third-order valence-corrected chi connectivity index (χ3v) is 8.44. The number of hydrogen-bond donors (Lipinski definition) is 0. The van der Waals surface area contributed by atoms with Gasteiger partial charge in [-0.05, 0) is 58.8 Å². The molecule has 0 amide bonds. The molecule has 0 aliphatic carbocycles. The maximum absolute atomic E-state index is 8.90. The fourth-order valence-electron chi connectivity index (χ4n) is 6.25. The number of ether oxygens (including phenoxy) is 1. The van der Waals surface area contributed by atoms with Crippen molar-refractivity contribution in [3.63, 3.8) is 0 Å². The standard InChI is InChI=1S/C40H29N5O.Pt/c1-40(2,3)26-21-22-41-38(23-26)44-33-15-6-4-13-30(33)31-20-19-29(25-37(31)44)46-28-12-10-11-27(24-28)43-35-17-8-9-18-36(35)45-34-16-7-5-14-32(34)42-39(43)45;/h4-23H,1-3H3;/q-2;+2/i4D,6D,13D,15D;. The normalized spacial score (nSPS) is 13.2. The van der Waals surface area contributed by atoms with Crippen molar-refractivity contribution in [2.45, 2.75) is 26.2 Å². The molecule has 0 radical (unpaired) electrons. The van der Waals surface area contributed by atoms with Crippen molar-refractivity contribution in [2.24, 2.45) is 0 Å². The van der Waals surface area contributed by atoms with E-state index in [1.807, 2.05) is 66.7 Å². The topological polar surface area (TPSA) is 49.3 Å². The second-order valence-electron chi connectivity index (χ2n) is 12.4. The number of benzene rings is 5. The van der Waals surface area contributed by atoms with Crippen LogP contribution in [0.15, 0.2) is 121 Å². The summed E-state index contributed by atoms with van der Waals surface area (Å²) < 4.78 is 47.0. The Hall–Kier alpha value is -5.19. The van der Waals surface area contributed by atoms with Gasteiger partial charge in [-0.3, -0.25) is 4.40 Å². The summed E-state index contributed by atoms with van der Waals surface area (Å²) in [4.78, 5) is 9.65. The molecule has 7 heteroatoms. The van der Waals surface area contributed by atoms with E-state index in [1.165, 1.54) is 0 Å². The van der Waals surface area contributed by atoms with Gasteiger partial charge in [0.25, 0.3) is 0 Å². The Balaban J connectivity index is 0.00000374. The Morgan fingerprint density at radius 1 is 0.723 bits per heavy atom. The predicted molar refractivity (Wildman–Crippen MR) is 185 cm³/mol. The van der Waals surface area contributed by atoms with Gasteiger partial charge in [-0.15, -0.1) is 35.7 Å². The van der Waals surface area contributed by atoms with E-state index in [0.29, 0.717) is 39.1 Å². The minimum Gasteiger partial charge on any atom is -0.509 e. The van der Waals surface area contributed by atoms with Gasteiger partial charge in [0, 0.05) is 23.2 Å². The van der Waals surface area contributed by atoms with Crippen molar-refractivity contribution < 1.29 is 31.3 Å². The minimum absolute atomic E-state index is 0. The summed E-state index contributed by atoms with van der Waals surface area (Å²) in [5.41, 5.74) is 6.42. The molecule has 0 spiro atoms. The van der Waals surface area contributed by atoms with E-state index in [-0.39, 0.29) is 50.6 Å². The summed E-state index contributed by atoms with van der Waals surface area (Å²) in [7, 11) is 0. The molecule has 0 atom stereocenters. The largest absolute Gasteiger partial charge is 2.00 e. The number of aromatic nitrogens is 5. The molecule has 9 rings (SSSR count). The SMILES string of the molecule is [2H]c1c([2H])c([2H])c2c(c1[2H])c1ccc(Oc3[c-]c(-n4c5ccccc5n5c6ccccc6nc45)ccc3)[c-]c1n2-c1cc(C(C)(C)C)ccn1.[Pt+2]. The fraction of sp³-hybridized carbons (Fsp3) is 0.100. The van der Waals surface area contributed by atoms with Crippen LogP contribution < -0.4 is 4.74 Å². The molecule has 0 unspecified atom stereocenters. The smallest absolute Gasteiger partial charge is 0.509 e. The Labute approximate surface area is 291 Å². The van der Waals surface area contributed by atoms with Crippen LogP contribution >= 0.6 is 0 Å². The van der Waals surface area contributed by atoms with Crippen LogP contribution in [0.1, 0.15) is 31.8 Å². The van der Waals surface area contributed by atoms with Crippen LogP contribution in [0.5, 0.6) is 11.5 Å². The number of pyridine rings is 1. The first kappa shape index (κ1) is 25.0. The van der Waals surface area contributed by atoms with Gasteiger partial charge >= 0.3 is 21.1 Å². The summed E-state index contributed by atoms with van der Waals surface area (Å²) in [6.45, 7) is 6.34. The van der Waals surface area contributed by atoms with Gasteiger partial charge in [-0.25, -0.2) is 9.97 Å². The Bertz CT molecular complexity index is 2850. The molecule has 5 aromatic carbocycles. The zero-order valence-electron chi connectivity index (χ0n) is 29.7. The first-order valence-corrected chi connectivity index (χ1v) is 15.1. The molecule has 0 saturated heterocycles. The van der Waals surface area contributed by atoms with Gasteiger partial charge in [0.1, 0.15) is 5.82 Å².